The maximum absolute atomic E-state index is 12.8. The van der Waals surface area contributed by atoms with Crippen LogP contribution in [0.5, 0.6) is 0 Å². The fourth-order valence-corrected chi connectivity index (χ4v) is 3.10. The van der Waals surface area contributed by atoms with Crippen molar-refractivity contribution in [2.24, 2.45) is 0 Å². The molecule has 1 aromatic carbocycles. The third-order valence-electron chi connectivity index (χ3n) is 4.48. The van der Waals surface area contributed by atoms with Crippen LogP contribution in [0.3, 0.4) is 0 Å². The number of allylic oxidation sites excluding steroid dienone is 2. The lowest BCUT2D eigenvalue weighted by atomic mass is 9.86. The van der Waals surface area contributed by atoms with Gasteiger partial charge in [-0.3, -0.25) is 4.79 Å². The van der Waals surface area contributed by atoms with Crippen LogP contribution in [0.25, 0.3) is 0 Å². The van der Waals surface area contributed by atoms with Gasteiger partial charge in [0.05, 0.1) is 5.41 Å². The Kier molecular flexibility index (Phi) is 3.17. The van der Waals surface area contributed by atoms with E-state index in [1.807, 2.05) is 24.3 Å². The predicted octanol–water partition coefficient (Wildman–Crippen LogP) is 3.76. The minimum Gasteiger partial charge on any atom is -0.399 e. The van der Waals surface area contributed by atoms with E-state index in [1.54, 1.807) is 0 Å². The zero-order valence-electron chi connectivity index (χ0n) is 11.3. The Bertz CT molecular complexity index is 509. The number of hydrogen-bond acceptors (Lipinski definition) is 2. The van der Waals surface area contributed by atoms with E-state index < -0.39 is 0 Å². The highest BCUT2D eigenvalue weighted by molar-refractivity contribution is 6.05. The van der Waals surface area contributed by atoms with E-state index in [9.17, 15) is 4.79 Å². The minimum atomic E-state index is -0.218. The van der Waals surface area contributed by atoms with E-state index in [4.69, 9.17) is 5.73 Å². The number of carbonyl (C=O) groups excluding carboxylic acids is 1. The molecule has 19 heavy (non-hydrogen) atoms. The highest BCUT2D eigenvalue weighted by atomic mass is 16.1. The molecule has 0 saturated heterocycles. The highest BCUT2D eigenvalue weighted by Crippen LogP contribution is 2.51. The number of hydrogen-bond donors (Lipinski definition) is 1. The molecular formula is C17H21NO. The Morgan fingerprint density at radius 1 is 1.05 bits per heavy atom. The van der Waals surface area contributed by atoms with Crippen molar-refractivity contribution in [1.82, 2.24) is 0 Å². The molecule has 0 bridgehead atoms. The van der Waals surface area contributed by atoms with E-state index >= 15 is 0 Å². The standard InChI is InChI=1S/C17H21NO/c18-15-9-7-14(8-10-15)17(11-12-17)16(19)13-5-3-1-2-4-6-13/h5,7-10H,1-4,6,11-12,18H2. The first-order valence-corrected chi connectivity index (χ1v) is 7.32. The molecule has 0 unspecified atom stereocenters. The van der Waals surface area contributed by atoms with Crippen molar-refractivity contribution >= 4 is 11.5 Å². The van der Waals surface area contributed by atoms with Crippen LogP contribution in [-0.4, -0.2) is 5.78 Å². The van der Waals surface area contributed by atoms with Crippen LogP contribution in [0.4, 0.5) is 5.69 Å². The van der Waals surface area contributed by atoms with E-state index in [1.165, 1.54) is 12.8 Å². The van der Waals surface area contributed by atoms with Crippen LogP contribution in [0.2, 0.25) is 0 Å². The fraction of sp³-hybridized carbons (Fsp3) is 0.471. The maximum Gasteiger partial charge on any atom is 0.169 e. The average Bonchev–Trinajstić information content (AvgIpc) is 3.24. The fourth-order valence-electron chi connectivity index (χ4n) is 3.10. The molecule has 1 fully saturated rings. The summed E-state index contributed by atoms with van der Waals surface area (Å²) in [4.78, 5) is 12.8. The third-order valence-corrected chi connectivity index (χ3v) is 4.48. The molecule has 2 heteroatoms. The van der Waals surface area contributed by atoms with Gasteiger partial charge in [-0.05, 0) is 61.8 Å². The van der Waals surface area contributed by atoms with Crippen molar-refractivity contribution in [2.75, 3.05) is 5.73 Å². The molecule has 0 aromatic heterocycles. The summed E-state index contributed by atoms with van der Waals surface area (Å²) in [5.41, 5.74) is 8.51. The third kappa shape index (κ3) is 2.32. The molecular weight excluding hydrogens is 234 g/mol. The predicted molar refractivity (Wildman–Crippen MR) is 77.9 cm³/mol. The molecule has 2 aliphatic rings. The molecule has 2 N–H and O–H groups in total. The number of anilines is 1. The van der Waals surface area contributed by atoms with Gasteiger partial charge in [0.2, 0.25) is 0 Å². The van der Waals surface area contributed by atoms with Crippen molar-refractivity contribution in [3.8, 4) is 0 Å². The van der Waals surface area contributed by atoms with Crippen molar-refractivity contribution in [1.29, 1.82) is 0 Å². The second kappa shape index (κ2) is 4.84. The van der Waals surface area contributed by atoms with Gasteiger partial charge in [0, 0.05) is 5.69 Å². The maximum atomic E-state index is 12.8. The number of rotatable bonds is 3. The van der Waals surface area contributed by atoms with E-state index in [0.29, 0.717) is 5.78 Å². The van der Waals surface area contributed by atoms with Crippen LogP contribution in [0, 0.1) is 0 Å². The summed E-state index contributed by atoms with van der Waals surface area (Å²) in [5.74, 6) is 0.374. The van der Waals surface area contributed by atoms with E-state index in [2.05, 4.69) is 6.08 Å². The second-order valence-electron chi connectivity index (χ2n) is 5.86. The van der Waals surface area contributed by atoms with Crippen LogP contribution < -0.4 is 5.73 Å². The summed E-state index contributed by atoms with van der Waals surface area (Å²) in [5, 5.41) is 0. The number of nitrogens with two attached hydrogens (primary N) is 1. The van der Waals surface area contributed by atoms with Crippen LogP contribution >= 0.6 is 0 Å². The topological polar surface area (TPSA) is 43.1 Å². The minimum absolute atomic E-state index is 0.218. The largest absolute Gasteiger partial charge is 0.399 e. The Balaban J connectivity index is 1.86. The van der Waals surface area contributed by atoms with E-state index in [-0.39, 0.29) is 5.41 Å². The lowest BCUT2D eigenvalue weighted by molar-refractivity contribution is -0.118. The lowest BCUT2D eigenvalue weighted by Crippen LogP contribution is -2.22. The molecule has 0 radical (unpaired) electrons. The molecule has 0 aliphatic heterocycles. The number of Topliss-reactive ketones (excluding diaryl/α,β-unsaturated/α-hetero) is 1. The Labute approximate surface area is 114 Å². The molecule has 2 aliphatic carbocycles. The Hall–Kier alpha value is -1.57. The van der Waals surface area contributed by atoms with Crippen LogP contribution in [-0.2, 0) is 10.2 Å². The molecule has 2 nitrogen and oxygen atoms in total. The normalized spacial score (nSPS) is 21.4. The first kappa shape index (κ1) is 12.5. The number of carbonyl (C=O) groups is 1. The quantitative estimate of drug-likeness (QED) is 0.836. The van der Waals surface area contributed by atoms with Crippen LogP contribution in [0.15, 0.2) is 35.9 Å². The molecule has 100 valence electrons. The van der Waals surface area contributed by atoms with Gasteiger partial charge in [-0.2, -0.15) is 0 Å². The summed E-state index contributed by atoms with van der Waals surface area (Å²) < 4.78 is 0. The molecule has 0 atom stereocenters. The van der Waals surface area contributed by atoms with Gasteiger partial charge in [0.1, 0.15) is 0 Å². The Morgan fingerprint density at radius 3 is 2.47 bits per heavy atom. The number of nitrogen functional groups attached to an aromatic ring is 1. The van der Waals surface area contributed by atoms with Gasteiger partial charge in [0.25, 0.3) is 0 Å². The summed E-state index contributed by atoms with van der Waals surface area (Å²) in [6, 6.07) is 7.86. The van der Waals surface area contributed by atoms with Crippen molar-refractivity contribution in [3.63, 3.8) is 0 Å². The van der Waals surface area contributed by atoms with E-state index in [0.717, 1.165) is 48.9 Å². The SMILES string of the molecule is Nc1ccc(C2(C(=O)C3=CCCCCC3)CC2)cc1. The smallest absolute Gasteiger partial charge is 0.169 e. The Morgan fingerprint density at radius 2 is 1.79 bits per heavy atom. The molecule has 0 amide bonds. The van der Waals surface area contributed by atoms with Gasteiger partial charge >= 0.3 is 0 Å². The number of benzene rings is 1. The van der Waals surface area contributed by atoms with Crippen LogP contribution in [0.1, 0.15) is 50.5 Å². The van der Waals surface area contributed by atoms with Gasteiger partial charge in [-0.25, -0.2) is 0 Å². The number of ketones is 1. The first-order chi connectivity index (χ1) is 9.22. The summed E-state index contributed by atoms with van der Waals surface area (Å²) in [6.07, 6.45) is 9.85. The zero-order valence-corrected chi connectivity index (χ0v) is 11.3. The average molecular weight is 255 g/mol. The van der Waals surface area contributed by atoms with Gasteiger partial charge < -0.3 is 5.73 Å². The first-order valence-electron chi connectivity index (χ1n) is 7.32. The molecule has 1 aromatic rings. The second-order valence-corrected chi connectivity index (χ2v) is 5.86. The van der Waals surface area contributed by atoms with Crippen molar-refractivity contribution in [2.45, 2.75) is 50.4 Å². The molecule has 3 rings (SSSR count). The van der Waals surface area contributed by atoms with Crippen molar-refractivity contribution < 1.29 is 4.79 Å². The monoisotopic (exact) mass is 255 g/mol. The van der Waals surface area contributed by atoms with Gasteiger partial charge in [0.15, 0.2) is 5.78 Å². The van der Waals surface area contributed by atoms with Crippen molar-refractivity contribution in [3.05, 3.63) is 41.5 Å². The summed E-state index contributed by atoms with van der Waals surface area (Å²) >= 11 is 0. The van der Waals surface area contributed by atoms with Gasteiger partial charge in [-0.15, -0.1) is 0 Å². The highest BCUT2D eigenvalue weighted by Gasteiger charge is 2.51. The molecule has 0 heterocycles. The lowest BCUT2D eigenvalue weighted by Gasteiger charge is -2.16. The summed E-state index contributed by atoms with van der Waals surface area (Å²) in [6.45, 7) is 0. The molecule has 1 saturated carbocycles. The summed E-state index contributed by atoms with van der Waals surface area (Å²) in [7, 11) is 0. The van der Waals surface area contributed by atoms with Gasteiger partial charge in [-0.1, -0.05) is 24.6 Å². The molecule has 0 spiro atoms. The zero-order chi connectivity index (χ0) is 13.3.